The molecule has 0 aromatic carbocycles. The second kappa shape index (κ2) is 2.92. The summed E-state index contributed by atoms with van der Waals surface area (Å²) in [4.78, 5) is 0. The molecule has 0 bridgehead atoms. The molecule has 4 atom stereocenters. The Morgan fingerprint density at radius 2 is 2.15 bits per heavy atom. The zero-order valence-corrected chi connectivity index (χ0v) is 7.94. The lowest BCUT2D eigenvalue weighted by Gasteiger charge is -2.42. The van der Waals surface area contributed by atoms with Crippen molar-refractivity contribution in [2.75, 3.05) is 6.54 Å². The first-order valence-electron chi connectivity index (χ1n) is 4.92. The molecule has 1 heterocycles. The Morgan fingerprint density at radius 1 is 1.54 bits per heavy atom. The van der Waals surface area contributed by atoms with Gasteiger partial charge >= 0.3 is 0 Å². The quantitative estimate of drug-likeness (QED) is 0.501. The number of hydrogen-bond donors (Lipinski definition) is 3. The van der Waals surface area contributed by atoms with E-state index in [9.17, 15) is 5.11 Å². The third-order valence-corrected chi connectivity index (χ3v) is 3.43. The topological polar surface area (TPSA) is 81.5 Å². The molecule has 5 N–H and O–H groups in total. The highest BCUT2D eigenvalue weighted by Gasteiger charge is 2.58. The molecule has 13 heavy (non-hydrogen) atoms. The van der Waals surface area contributed by atoms with Gasteiger partial charge in [0.15, 0.2) is 0 Å². The van der Waals surface area contributed by atoms with Crippen molar-refractivity contribution in [1.29, 1.82) is 0 Å². The lowest BCUT2D eigenvalue weighted by molar-refractivity contribution is -0.163. The summed E-state index contributed by atoms with van der Waals surface area (Å²) in [6, 6.07) is -0.133. The summed E-state index contributed by atoms with van der Waals surface area (Å²) in [7, 11) is 0. The lowest BCUT2D eigenvalue weighted by atomic mass is 9.85. The predicted molar refractivity (Wildman–Crippen MR) is 49.0 cm³/mol. The van der Waals surface area contributed by atoms with Gasteiger partial charge in [0.05, 0.1) is 17.8 Å². The van der Waals surface area contributed by atoms with Crippen LogP contribution in [0.5, 0.6) is 0 Å². The van der Waals surface area contributed by atoms with Crippen LogP contribution in [-0.4, -0.2) is 35.5 Å². The standard InChI is InChI=1S/C9H18N2O2/c1-5-7(11)6(4-10)13-9(2-3-9)8(5)12/h5-8,12H,2-4,10-11H2,1H3/t5-,6?,7?,8+/m0/s1. The summed E-state index contributed by atoms with van der Waals surface area (Å²) < 4.78 is 5.73. The van der Waals surface area contributed by atoms with Crippen LogP contribution in [0.2, 0.25) is 0 Å². The molecule has 1 aliphatic carbocycles. The highest BCUT2D eigenvalue weighted by molar-refractivity contribution is 5.09. The van der Waals surface area contributed by atoms with E-state index < -0.39 is 6.10 Å². The number of nitrogens with two attached hydrogens (primary N) is 2. The molecular formula is C9H18N2O2. The largest absolute Gasteiger partial charge is 0.390 e. The Morgan fingerprint density at radius 3 is 2.62 bits per heavy atom. The van der Waals surface area contributed by atoms with Crippen LogP contribution in [0.3, 0.4) is 0 Å². The fraction of sp³-hybridized carbons (Fsp3) is 1.00. The van der Waals surface area contributed by atoms with E-state index in [2.05, 4.69) is 0 Å². The number of ether oxygens (including phenoxy) is 1. The molecule has 1 aliphatic heterocycles. The van der Waals surface area contributed by atoms with E-state index in [-0.39, 0.29) is 23.7 Å². The monoisotopic (exact) mass is 186 g/mol. The average Bonchev–Trinajstić information content (AvgIpc) is 2.90. The number of aliphatic hydroxyl groups excluding tert-OH is 1. The Hall–Kier alpha value is -0.160. The molecule has 2 aliphatic rings. The Labute approximate surface area is 78.2 Å². The molecule has 1 saturated heterocycles. The molecule has 2 fully saturated rings. The maximum Gasteiger partial charge on any atom is 0.0950 e. The summed E-state index contributed by atoms with van der Waals surface area (Å²) in [5.74, 6) is 0.0878. The van der Waals surface area contributed by atoms with Crippen molar-refractivity contribution in [3.8, 4) is 0 Å². The highest BCUT2D eigenvalue weighted by atomic mass is 16.5. The van der Waals surface area contributed by atoms with E-state index in [0.29, 0.717) is 6.54 Å². The zero-order chi connectivity index (χ0) is 9.64. The van der Waals surface area contributed by atoms with Crippen molar-refractivity contribution in [2.24, 2.45) is 17.4 Å². The van der Waals surface area contributed by atoms with Gasteiger partial charge in [-0.05, 0) is 12.8 Å². The van der Waals surface area contributed by atoms with Crippen molar-refractivity contribution in [2.45, 2.75) is 43.6 Å². The molecule has 1 spiro atoms. The fourth-order valence-electron chi connectivity index (χ4n) is 2.22. The zero-order valence-electron chi connectivity index (χ0n) is 7.94. The minimum atomic E-state index is -0.412. The van der Waals surface area contributed by atoms with Crippen molar-refractivity contribution < 1.29 is 9.84 Å². The Bertz CT molecular complexity index is 204. The SMILES string of the molecule is C[C@H]1C(N)C(CN)OC2(CC2)[C@@H]1O. The molecule has 0 amide bonds. The first-order valence-corrected chi connectivity index (χ1v) is 4.92. The van der Waals surface area contributed by atoms with Crippen molar-refractivity contribution in [1.82, 2.24) is 0 Å². The van der Waals surface area contributed by atoms with Gasteiger partial charge in [-0.1, -0.05) is 6.92 Å². The number of aliphatic hydroxyl groups is 1. The predicted octanol–water partition coefficient (Wildman–Crippen LogP) is -0.799. The van der Waals surface area contributed by atoms with E-state index in [4.69, 9.17) is 16.2 Å². The molecule has 2 rings (SSSR count). The second-order valence-corrected chi connectivity index (χ2v) is 4.34. The minimum Gasteiger partial charge on any atom is -0.390 e. The molecule has 0 radical (unpaired) electrons. The fourth-order valence-corrected chi connectivity index (χ4v) is 2.22. The van der Waals surface area contributed by atoms with Crippen LogP contribution in [0.25, 0.3) is 0 Å². The van der Waals surface area contributed by atoms with Gasteiger partial charge in [-0.3, -0.25) is 0 Å². The molecule has 1 saturated carbocycles. The summed E-state index contributed by atoms with van der Waals surface area (Å²) >= 11 is 0. The maximum atomic E-state index is 9.91. The first-order chi connectivity index (χ1) is 6.10. The van der Waals surface area contributed by atoms with Gasteiger partial charge in [-0.15, -0.1) is 0 Å². The van der Waals surface area contributed by atoms with Crippen LogP contribution in [0.1, 0.15) is 19.8 Å². The van der Waals surface area contributed by atoms with Crippen molar-refractivity contribution >= 4 is 0 Å². The first kappa shape index (κ1) is 9.40. The molecule has 4 heteroatoms. The van der Waals surface area contributed by atoms with E-state index in [1.54, 1.807) is 0 Å². The van der Waals surface area contributed by atoms with E-state index in [1.807, 2.05) is 6.92 Å². The van der Waals surface area contributed by atoms with Crippen LogP contribution in [0.4, 0.5) is 0 Å². The second-order valence-electron chi connectivity index (χ2n) is 4.34. The van der Waals surface area contributed by atoms with E-state index >= 15 is 0 Å². The third-order valence-electron chi connectivity index (χ3n) is 3.43. The lowest BCUT2D eigenvalue weighted by Crippen LogP contribution is -2.60. The summed E-state index contributed by atoms with van der Waals surface area (Å²) in [5, 5.41) is 9.91. The molecule has 4 nitrogen and oxygen atoms in total. The van der Waals surface area contributed by atoms with E-state index in [1.165, 1.54) is 0 Å². The molecule has 2 unspecified atom stereocenters. The van der Waals surface area contributed by atoms with Gasteiger partial charge in [0, 0.05) is 18.5 Å². The van der Waals surface area contributed by atoms with Gasteiger partial charge in [-0.25, -0.2) is 0 Å². The van der Waals surface area contributed by atoms with Crippen molar-refractivity contribution in [3.05, 3.63) is 0 Å². The minimum absolute atomic E-state index is 0.0825. The van der Waals surface area contributed by atoms with Crippen LogP contribution in [0, 0.1) is 5.92 Å². The normalized spacial score (nSPS) is 48.0. The van der Waals surface area contributed by atoms with Crippen LogP contribution in [0.15, 0.2) is 0 Å². The summed E-state index contributed by atoms with van der Waals surface area (Å²) in [6.07, 6.45) is 1.40. The van der Waals surface area contributed by atoms with Crippen LogP contribution in [-0.2, 0) is 4.74 Å². The number of rotatable bonds is 1. The Balaban J connectivity index is 2.13. The summed E-state index contributed by atoms with van der Waals surface area (Å²) in [6.45, 7) is 2.42. The molecule has 76 valence electrons. The molecular weight excluding hydrogens is 168 g/mol. The van der Waals surface area contributed by atoms with Crippen LogP contribution >= 0.6 is 0 Å². The molecule has 0 aromatic rings. The van der Waals surface area contributed by atoms with Crippen molar-refractivity contribution in [3.63, 3.8) is 0 Å². The van der Waals surface area contributed by atoms with Gasteiger partial charge in [0.25, 0.3) is 0 Å². The van der Waals surface area contributed by atoms with Gasteiger partial charge < -0.3 is 21.3 Å². The smallest absolute Gasteiger partial charge is 0.0950 e. The number of hydrogen-bond acceptors (Lipinski definition) is 4. The van der Waals surface area contributed by atoms with Gasteiger partial charge in [0.2, 0.25) is 0 Å². The highest BCUT2D eigenvalue weighted by Crippen LogP contribution is 2.49. The Kier molecular flexibility index (Phi) is 2.11. The van der Waals surface area contributed by atoms with Gasteiger partial charge in [-0.2, -0.15) is 0 Å². The average molecular weight is 186 g/mol. The van der Waals surface area contributed by atoms with E-state index in [0.717, 1.165) is 12.8 Å². The summed E-state index contributed by atoms with van der Waals surface area (Å²) in [5.41, 5.74) is 11.2. The van der Waals surface area contributed by atoms with Gasteiger partial charge in [0.1, 0.15) is 0 Å². The molecule has 0 aromatic heterocycles. The third kappa shape index (κ3) is 1.29. The maximum absolute atomic E-state index is 9.91. The van der Waals surface area contributed by atoms with Crippen LogP contribution < -0.4 is 11.5 Å².